The highest BCUT2D eigenvalue weighted by atomic mass is 32.2. The van der Waals surface area contributed by atoms with E-state index in [1.807, 2.05) is 0 Å². The molecule has 0 spiro atoms. The van der Waals surface area contributed by atoms with Crippen molar-refractivity contribution < 1.29 is 26.8 Å². The van der Waals surface area contributed by atoms with E-state index in [0.29, 0.717) is 6.07 Å². The van der Waals surface area contributed by atoms with Crippen LogP contribution in [-0.2, 0) is 14.8 Å². The highest BCUT2D eigenvalue weighted by Crippen LogP contribution is 2.28. The molecular formula is C17H14F2N2O4S. The summed E-state index contributed by atoms with van der Waals surface area (Å²) in [5, 5.41) is 2.30. The minimum absolute atomic E-state index is 0.120. The van der Waals surface area contributed by atoms with Gasteiger partial charge in [-0.1, -0.05) is 6.92 Å². The number of anilines is 2. The number of hydrogen-bond acceptors (Lipinski definition) is 4. The highest BCUT2D eigenvalue weighted by Gasteiger charge is 2.41. The van der Waals surface area contributed by atoms with Gasteiger partial charge in [0.25, 0.3) is 5.91 Å². The van der Waals surface area contributed by atoms with Gasteiger partial charge in [-0.15, -0.1) is 0 Å². The van der Waals surface area contributed by atoms with Gasteiger partial charge in [-0.2, -0.15) is 0 Å². The molecule has 6 nitrogen and oxygen atoms in total. The molecule has 1 aliphatic rings. The molecule has 2 aromatic carbocycles. The van der Waals surface area contributed by atoms with Gasteiger partial charge < -0.3 is 5.32 Å². The molecule has 0 radical (unpaired) electrons. The molecule has 1 unspecified atom stereocenters. The Labute approximate surface area is 148 Å². The zero-order valence-electron chi connectivity index (χ0n) is 13.6. The van der Waals surface area contributed by atoms with Crippen LogP contribution in [0.25, 0.3) is 0 Å². The topological polar surface area (TPSA) is 83.6 Å². The molecule has 0 aromatic heterocycles. The number of benzene rings is 2. The third-order valence-corrected chi connectivity index (χ3v) is 5.77. The Morgan fingerprint density at radius 3 is 2.35 bits per heavy atom. The van der Waals surface area contributed by atoms with Crippen LogP contribution in [0, 0.1) is 17.6 Å². The molecule has 0 bridgehead atoms. The van der Waals surface area contributed by atoms with E-state index in [9.17, 15) is 26.8 Å². The normalized spacial score (nSPS) is 18.8. The van der Waals surface area contributed by atoms with Crippen LogP contribution in [0.15, 0.2) is 42.5 Å². The smallest absolute Gasteiger partial charge is 0.255 e. The van der Waals surface area contributed by atoms with Crippen molar-refractivity contribution in [2.24, 2.45) is 5.92 Å². The van der Waals surface area contributed by atoms with E-state index < -0.39 is 39.4 Å². The summed E-state index contributed by atoms with van der Waals surface area (Å²) in [6.45, 7) is 1.53. The summed E-state index contributed by atoms with van der Waals surface area (Å²) >= 11 is 0. The highest BCUT2D eigenvalue weighted by molar-refractivity contribution is 7.94. The number of nitrogens with one attached hydrogen (secondary N) is 1. The van der Waals surface area contributed by atoms with Crippen LogP contribution in [0.3, 0.4) is 0 Å². The summed E-state index contributed by atoms with van der Waals surface area (Å²) in [6.07, 6.45) is 0. The number of carbonyl (C=O) groups is 2. The zero-order valence-corrected chi connectivity index (χ0v) is 14.4. The standard InChI is InChI=1S/C17H14F2N2O4S/c1-10-9-26(24,25)21(17(10)23)13-5-2-11(3-6-13)16(22)20-15-7-4-12(18)8-14(15)19/h2-8,10H,9H2,1H3,(H,20,22). The summed E-state index contributed by atoms with van der Waals surface area (Å²) in [7, 11) is -3.73. The minimum Gasteiger partial charge on any atom is -0.319 e. The van der Waals surface area contributed by atoms with Gasteiger partial charge in [0.15, 0.2) is 0 Å². The maximum Gasteiger partial charge on any atom is 0.255 e. The summed E-state index contributed by atoms with van der Waals surface area (Å²) in [5.41, 5.74) is 0.0602. The Bertz CT molecular complexity index is 990. The minimum atomic E-state index is -3.73. The summed E-state index contributed by atoms with van der Waals surface area (Å²) in [6, 6.07) is 8.02. The molecule has 1 fully saturated rings. The largest absolute Gasteiger partial charge is 0.319 e. The molecule has 1 atom stereocenters. The molecule has 1 heterocycles. The Balaban J connectivity index is 1.81. The van der Waals surface area contributed by atoms with E-state index in [1.165, 1.54) is 31.2 Å². The Morgan fingerprint density at radius 1 is 1.15 bits per heavy atom. The average molecular weight is 380 g/mol. The third-order valence-electron chi connectivity index (χ3n) is 3.90. The molecule has 0 aliphatic carbocycles. The number of halogens is 2. The molecule has 136 valence electrons. The molecule has 1 aliphatic heterocycles. The maximum absolute atomic E-state index is 13.6. The lowest BCUT2D eigenvalue weighted by Crippen LogP contribution is -2.30. The van der Waals surface area contributed by atoms with Gasteiger partial charge in [-0.3, -0.25) is 9.59 Å². The zero-order chi connectivity index (χ0) is 19.1. The first-order valence-electron chi connectivity index (χ1n) is 7.62. The summed E-state index contributed by atoms with van der Waals surface area (Å²) in [5.74, 6) is -3.78. The van der Waals surface area contributed by atoms with E-state index in [2.05, 4.69) is 5.32 Å². The van der Waals surface area contributed by atoms with Crippen molar-refractivity contribution >= 4 is 33.2 Å². The lowest BCUT2D eigenvalue weighted by atomic mass is 10.1. The van der Waals surface area contributed by atoms with E-state index >= 15 is 0 Å². The van der Waals surface area contributed by atoms with E-state index in [1.54, 1.807) is 0 Å². The fraction of sp³-hybridized carbons (Fsp3) is 0.176. The van der Waals surface area contributed by atoms with Crippen LogP contribution in [0.4, 0.5) is 20.2 Å². The van der Waals surface area contributed by atoms with Gasteiger partial charge in [0.1, 0.15) is 11.6 Å². The van der Waals surface area contributed by atoms with Gasteiger partial charge >= 0.3 is 0 Å². The fourth-order valence-electron chi connectivity index (χ4n) is 2.62. The lowest BCUT2D eigenvalue weighted by molar-refractivity contribution is -0.119. The third kappa shape index (κ3) is 3.30. The van der Waals surface area contributed by atoms with E-state index in [0.717, 1.165) is 16.4 Å². The number of sulfonamides is 1. The number of hydrogen-bond donors (Lipinski definition) is 1. The van der Waals surface area contributed by atoms with Crippen LogP contribution in [0.2, 0.25) is 0 Å². The molecule has 2 amide bonds. The van der Waals surface area contributed by atoms with Crippen molar-refractivity contribution in [2.75, 3.05) is 15.4 Å². The van der Waals surface area contributed by atoms with E-state index in [-0.39, 0.29) is 22.7 Å². The van der Waals surface area contributed by atoms with Crippen molar-refractivity contribution in [3.8, 4) is 0 Å². The van der Waals surface area contributed by atoms with Crippen LogP contribution in [-0.4, -0.2) is 26.0 Å². The van der Waals surface area contributed by atoms with Gasteiger partial charge in [0.2, 0.25) is 15.9 Å². The molecule has 1 N–H and O–H groups in total. The predicted molar refractivity (Wildman–Crippen MR) is 91.2 cm³/mol. The van der Waals surface area contributed by atoms with Gasteiger partial charge in [0.05, 0.1) is 23.0 Å². The second-order valence-electron chi connectivity index (χ2n) is 5.91. The van der Waals surface area contributed by atoms with Gasteiger partial charge in [0, 0.05) is 11.6 Å². The van der Waals surface area contributed by atoms with Crippen LogP contribution >= 0.6 is 0 Å². The molecular weight excluding hydrogens is 366 g/mol. The first kappa shape index (κ1) is 18.0. The number of rotatable bonds is 3. The van der Waals surface area contributed by atoms with Crippen molar-refractivity contribution in [3.63, 3.8) is 0 Å². The number of nitrogens with zero attached hydrogens (tertiary/aromatic N) is 1. The molecule has 26 heavy (non-hydrogen) atoms. The summed E-state index contributed by atoms with van der Waals surface area (Å²) in [4.78, 5) is 24.2. The second kappa shape index (κ2) is 6.49. The molecule has 9 heteroatoms. The molecule has 1 saturated heterocycles. The van der Waals surface area contributed by atoms with Gasteiger partial charge in [-0.05, 0) is 36.4 Å². The average Bonchev–Trinajstić information content (AvgIpc) is 2.77. The summed E-state index contributed by atoms with van der Waals surface area (Å²) < 4.78 is 51.3. The van der Waals surface area contributed by atoms with Crippen molar-refractivity contribution in [2.45, 2.75) is 6.92 Å². The van der Waals surface area contributed by atoms with Crippen molar-refractivity contribution in [1.82, 2.24) is 0 Å². The quantitative estimate of drug-likeness (QED) is 0.887. The molecule has 0 saturated carbocycles. The molecule has 2 aromatic rings. The SMILES string of the molecule is CC1CS(=O)(=O)N(c2ccc(C(=O)Nc3ccc(F)cc3F)cc2)C1=O. The monoisotopic (exact) mass is 380 g/mol. The maximum atomic E-state index is 13.6. The van der Waals surface area contributed by atoms with Gasteiger partial charge in [-0.25, -0.2) is 21.5 Å². The van der Waals surface area contributed by atoms with E-state index in [4.69, 9.17) is 0 Å². The predicted octanol–water partition coefficient (Wildman–Crippen LogP) is 2.53. The van der Waals surface area contributed by atoms with Crippen LogP contribution < -0.4 is 9.62 Å². The van der Waals surface area contributed by atoms with Crippen LogP contribution in [0.1, 0.15) is 17.3 Å². The number of amides is 2. The van der Waals surface area contributed by atoms with Crippen LogP contribution in [0.5, 0.6) is 0 Å². The second-order valence-corrected chi connectivity index (χ2v) is 7.77. The first-order chi connectivity index (χ1) is 12.2. The fourth-order valence-corrected chi connectivity index (χ4v) is 4.44. The van der Waals surface area contributed by atoms with Crippen molar-refractivity contribution in [1.29, 1.82) is 0 Å². The Hall–Kier alpha value is -2.81. The first-order valence-corrected chi connectivity index (χ1v) is 9.23. The number of carbonyl (C=O) groups excluding carboxylic acids is 2. The Kier molecular flexibility index (Phi) is 4.49. The van der Waals surface area contributed by atoms with Crippen molar-refractivity contribution in [3.05, 3.63) is 59.7 Å². The lowest BCUT2D eigenvalue weighted by Gasteiger charge is -2.15. The Morgan fingerprint density at radius 2 is 1.81 bits per heavy atom. The molecule has 3 rings (SSSR count).